The molecule has 1 aliphatic carbocycles. The topological polar surface area (TPSA) is 21.3 Å². The second-order valence-corrected chi connectivity index (χ2v) is 7.28. The van der Waals surface area contributed by atoms with Gasteiger partial charge in [-0.05, 0) is 44.2 Å². The van der Waals surface area contributed by atoms with Crippen LogP contribution in [0.3, 0.4) is 0 Å². The van der Waals surface area contributed by atoms with E-state index >= 15 is 0 Å². The number of thiophene rings is 1. The van der Waals surface area contributed by atoms with Gasteiger partial charge in [-0.2, -0.15) is 0 Å². The Hall–Kier alpha value is -0.380. The molecule has 2 heterocycles. The van der Waals surface area contributed by atoms with E-state index in [0.717, 1.165) is 19.6 Å². The predicted molar refractivity (Wildman–Crippen MR) is 80.7 cm³/mol. The van der Waals surface area contributed by atoms with Gasteiger partial charge in [-0.15, -0.1) is 11.3 Å². The van der Waals surface area contributed by atoms with Crippen molar-refractivity contribution < 1.29 is 4.74 Å². The van der Waals surface area contributed by atoms with Gasteiger partial charge < -0.3 is 10.1 Å². The Morgan fingerprint density at radius 2 is 2.11 bits per heavy atom. The van der Waals surface area contributed by atoms with Crippen LogP contribution in [0.4, 0.5) is 0 Å². The number of rotatable bonds is 4. The van der Waals surface area contributed by atoms with E-state index in [9.17, 15) is 0 Å². The summed E-state index contributed by atoms with van der Waals surface area (Å²) in [6.07, 6.45) is 8.83. The van der Waals surface area contributed by atoms with Crippen molar-refractivity contribution in [3.8, 4) is 0 Å². The number of ether oxygens (including phenoxy) is 1. The van der Waals surface area contributed by atoms with Gasteiger partial charge in [0.25, 0.3) is 0 Å². The average Bonchev–Trinajstić information content (AvgIpc) is 3.06. The van der Waals surface area contributed by atoms with Gasteiger partial charge in [0.15, 0.2) is 0 Å². The van der Waals surface area contributed by atoms with Crippen LogP contribution in [-0.4, -0.2) is 18.2 Å². The van der Waals surface area contributed by atoms with E-state index < -0.39 is 0 Å². The van der Waals surface area contributed by atoms with Crippen LogP contribution in [0.25, 0.3) is 0 Å². The monoisotopic (exact) mass is 279 g/mol. The lowest BCUT2D eigenvalue weighted by Gasteiger charge is -2.38. The first-order valence-electron chi connectivity index (χ1n) is 7.75. The zero-order valence-corrected chi connectivity index (χ0v) is 12.7. The Morgan fingerprint density at radius 1 is 1.32 bits per heavy atom. The van der Waals surface area contributed by atoms with Gasteiger partial charge in [-0.3, -0.25) is 0 Å². The van der Waals surface area contributed by atoms with E-state index in [2.05, 4.69) is 24.4 Å². The van der Waals surface area contributed by atoms with Crippen molar-refractivity contribution in [1.29, 1.82) is 0 Å². The predicted octanol–water partition coefficient (Wildman–Crippen LogP) is 3.89. The molecule has 1 aromatic heterocycles. The van der Waals surface area contributed by atoms with Crippen LogP contribution >= 0.6 is 11.3 Å². The second-order valence-electron chi connectivity index (χ2n) is 6.03. The molecule has 1 N–H and O–H groups in total. The summed E-state index contributed by atoms with van der Waals surface area (Å²) in [5, 5.41) is 3.76. The summed E-state index contributed by atoms with van der Waals surface area (Å²) < 4.78 is 6.09. The summed E-state index contributed by atoms with van der Waals surface area (Å²) in [6.45, 7) is 4.21. The first kappa shape index (κ1) is 13.6. The van der Waals surface area contributed by atoms with Crippen molar-refractivity contribution in [3.05, 3.63) is 21.9 Å². The standard InChI is InChI=1S/C16H25NOS/c1-2-14-5-6-15(19-14)12-17-13-7-10-18-16(11-13)8-3-4-9-16/h5-6,13,17H,2-4,7-12H2,1H3. The molecule has 2 aliphatic rings. The maximum atomic E-state index is 6.09. The van der Waals surface area contributed by atoms with Crippen molar-refractivity contribution in [1.82, 2.24) is 5.32 Å². The van der Waals surface area contributed by atoms with E-state index in [1.54, 1.807) is 0 Å². The minimum atomic E-state index is 0.236. The molecule has 3 heteroatoms. The fourth-order valence-electron chi connectivity index (χ4n) is 3.52. The van der Waals surface area contributed by atoms with E-state index in [-0.39, 0.29) is 5.60 Å². The Kier molecular flexibility index (Phi) is 4.25. The highest BCUT2D eigenvalue weighted by Crippen LogP contribution is 2.40. The molecule has 1 aliphatic heterocycles. The molecule has 1 unspecified atom stereocenters. The molecule has 0 radical (unpaired) electrons. The van der Waals surface area contributed by atoms with Crippen LogP contribution in [0, 0.1) is 0 Å². The van der Waals surface area contributed by atoms with Gasteiger partial charge in [-0.1, -0.05) is 19.8 Å². The van der Waals surface area contributed by atoms with Crippen molar-refractivity contribution in [2.75, 3.05) is 6.61 Å². The van der Waals surface area contributed by atoms with Crippen molar-refractivity contribution in [2.45, 2.75) is 70.1 Å². The molecule has 2 nitrogen and oxygen atoms in total. The van der Waals surface area contributed by atoms with Crippen LogP contribution in [0.5, 0.6) is 0 Å². The normalized spacial score (nSPS) is 26.1. The minimum Gasteiger partial charge on any atom is -0.375 e. The fraction of sp³-hybridized carbons (Fsp3) is 0.750. The summed E-state index contributed by atoms with van der Waals surface area (Å²) in [6, 6.07) is 5.20. The lowest BCUT2D eigenvalue weighted by molar-refractivity contribution is -0.0837. The Labute approximate surface area is 120 Å². The van der Waals surface area contributed by atoms with E-state index in [4.69, 9.17) is 4.74 Å². The van der Waals surface area contributed by atoms with Gasteiger partial charge in [0, 0.05) is 28.9 Å². The molecular formula is C16H25NOS. The molecule has 1 saturated heterocycles. The summed E-state index contributed by atoms with van der Waals surface area (Å²) >= 11 is 1.95. The molecule has 1 aromatic rings. The smallest absolute Gasteiger partial charge is 0.0697 e. The molecule has 0 bridgehead atoms. The molecule has 19 heavy (non-hydrogen) atoms. The first-order chi connectivity index (χ1) is 9.30. The van der Waals surface area contributed by atoms with Gasteiger partial charge in [0.1, 0.15) is 0 Å². The third kappa shape index (κ3) is 3.21. The summed E-state index contributed by atoms with van der Waals surface area (Å²) in [7, 11) is 0. The van der Waals surface area contributed by atoms with E-state index in [0.29, 0.717) is 6.04 Å². The molecule has 2 fully saturated rings. The van der Waals surface area contributed by atoms with Crippen LogP contribution in [-0.2, 0) is 17.7 Å². The minimum absolute atomic E-state index is 0.236. The van der Waals surface area contributed by atoms with Gasteiger partial charge in [0.2, 0.25) is 0 Å². The maximum Gasteiger partial charge on any atom is 0.0697 e. The highest BCUT2D eigenvalue weighted by molar-refractivity contribution is 7.11. The highest BCUT2D eigenvalue weighted by atomic mass is 32.1. The van der Waals surface area contributed by atoms with Gasteiger partial charge in [0.05, 0.1) is 5.60 Å². The van der Waals surface area contributed by atoms with Crippen LogP contribution < -0.4 is 5.32 Å². The van der Waals surface area contributed by atoms with Crippen LogP contribution in [0.15, 0.2) is 12.1 Å². The van der Waals surface area contributed by atoms with Crippen LogP contribution in [0.1, 0.15) is 55.2 Å². The van der Waals surface area contributed by atoms with Crippen molar-refractivity contribution in [3.63, 3.8) is 0 Å². The quantitative estimate of drug-likeness (QED) is 0.903. The van der Waals surface area contributed by atoms with E-state index in [1.165, 1.54) is 48.3 Å². The zero-order chi connectivity index (χ0) is 13.1. The second kappa shape index (κ2) is 5.94. The maximum absolute atomic E-state index is 6.09. The third-order valence-corrected chi connectivity index (χ3v) is 5.87. The molecule has 3 rings (SSSR count). The summed E-state index contributed by atoms with van der Waals surface area (Å²) in [5.74, 6) is 0. The summed E-state index contributed by atoms with van der Waals surface area (Å²) in [5.41, 5.74) is 0.236. The Bertz CT molecular complexity index is 409. The number of hydrogen-bond donors (Lipinski definition) is 1. The average molecular weight is 279 g/mol. The largest absolute Gasteiger partial charge is 0.375 e. The van der Waals surface area contributed by atoms with Gasteiger partial charge >= 0.3 is 0 Å². The number of aryl methyl sites for hydroxylation is 1. The lowest BCUT2D eigenvalue weighted by Crippen LogP contribution is -2.45. The van der Waals surface area contributed by atoms with E-state index in [1.807, 2.05) is 11.3 Å². The molecule has 0 aromatic carbocycles. The molecule has 1 spiro atoms. The zero-order valence-electron chi connectivity index (χ0n) is 11.9. The first-order valence-corrected chi connectivity index (χ1v) is 8.56. The van der Waals surface area contributed by atoms with Crippen molar-refractivity contribution in [2.24, 2.45) is 0 Å². The Morgan fingerprint density at radius 3 is 2.84 bits per heavy atom. The third-order valence-electron chi connectivity index (χ3n) is 4.64. The molecule has 1 saturated carbocycles. The molecule has 1 atom stereocenters. The SMILES string of the molecule is CCc1ccc(CNC2CCOC3(CCCC3)C2)s1. The van der Waals surface area contributed by atoms with Gasteiger partial charge in [-0.25, -0.2) is 0 Å². The van der Waals surface area contributed by atoms with Crippen molar-refractivity contribution >= 4 is 11.3 Å². The fourth-order valence-corrected chi connectivity index (χ4v) is 4.43. The molecular weight excluding hydrogens is 254 g/mol. The Balaban J connectivity index is 1.52. The molecule has 106 valence electrons. The van der Waals surface area contributed by atoms with Crippen LogP contribution in [0.2, 0.25) is 0 Å². The molecule has 0 amide bonds. The number of nitrogens with one attached hydrogen (secondary N) is 1. The highest BCUT2D eigenvalue weighted by Gasteiger charge is 2.39. The number of hydrogen-bond acceptors (Lipinski definition) is 3. The summed E-state index contributed by atoms with van der Waals surface area (Å²) in [4.78, 5) is 2.97. The lowest BCUT2D eigenvalue weighted by atomic mass is 9.89.